The van der Waals surface area contributed by atoms with E-state index in [1.165, 1.54) is 0 Å². The number of H-pyrrole nitrogens is 1. The molecule has 0 saturated carbocycles. The number of alkyl halides is 3. The van der Waals surface area contributed by atoms with E-state index in [9.17, 15) is 28.1 Å². The second-order valence-corrected chi connectivity index (χ2v) is 3.56. The first-order valence-electron chi connectivity index (χ1n) is 4.76. The lowest BCUT2D eigenvalue weighted by molar-refractivity contribution is -0.387. The van der Waals surface area contributed by atoms with Crippen LogP contribution in [0.5, 0.6) is 0 Å². The molecule has 2 rings (SSSR count). The number of fused-ring (bicyclic) bond motifs is 1. The summed E-state index contributed by atoms with van der Waals surface area (Å²) in [6.45, 7) is 0. The molecule has 1 aromatic carbocycles. The van der Waals surface area contributed by atoms with Gasteiger partial charge < -0.3 is 5.73 Å². The first-order valence-corrected chi connectivity index (χ1v) is 4.76. The number of halogens is 3. The van der Waals surface area contributed by atoms with Gasteiger partial charge in [0.05, 0.1) is 15.8 Å². The number of nitrogen functional groups attached to an aromatic ring is 1. The van der Waals surface area contributed by atoms with E-state index in [2.05, 4.69) is 4.98 Å². The van der Waals surface area contributed by atoms with E-state index < -0.39 is 33.3 Å². The Labute approximate surface area is 102 Å². The minimum atomic E-state index is -5.06. The Morgan fingerprint density at radius 3 is 2.53 bits per heavy atom. The molecule has 7 nitrogen and oxygen atoms in total. The third kappa shape index (κ3) is 2.07. The van der Waals surface area contributed by atoms with Gasteiger partial charge in [0.25, 0.3) is 11.2 Å². The summed E-state index contributed by atoms with van der Waals surface area (Å²) in [6, 6.07) is 1.57. The number of aromatic nitrogens is 2. The normalized spacial score (nSPS) is 11.7. The molecule has 0 amide bonds. The number of hydrogen-bond acceptors (Lipinski definition) is 5. The molecular formula is C9H5F3N4O3. The highest BCUT2D eigenvalue weighted by Gasteiger charge is 2.41. The molecule has 19 heavy (non-hydrogen) atoms. The Kier molecular flexibility index (Phi) is 2.65. The molecule has 0 fully saturated rings. The summed E-state index contributed by atoms with van der Waals surface area (Å²) < 4.78 is 38.7. The molecule has 10 heteroatoms. The van der Waals surface area contributed by atoms with Crippen LogP contribution in [0.15, 0.2) is 16.9 Å². The molecule has 0 saturated heterocycles. The maximum Gasteiger partial charge on any atom is 0.423 e. The molecule has 0 aliphatic heterocycles. The van der Waals surface area contributed by atoms with E-state index in [0.29, 0.717) is 6.07 Å². The average Bonchev–Trinajstić information content (AvgIpc) is 2.25. The van der Waals surface area contributed by atoms with Crippen LogP contribution in [0.1, 0.15) is 5.56 Å². The standard InChI is InChI=1S/C9H5F3N4O3/c10-9(11,12)6-4(16(18)19)2-1-3-5(6)7(17)15-8(13)14-3/h1-2H,(H3,13,14,15,17). The Bertz CT molecular complexity index is 738. The molecule has 0 radical (unpaired) electrons. The van der Waals surface area contributed by atoms with Crippen LogP contribution in [-0.4, -0.2) is 14.9 Å². The molecule has 0 unspecified atom stereocenters. The van der Waals surface area contributed by atoms with Gasteiger partial charge in [-0.25, -0.2) is 4.98 Å². The van der Waals surface area contributed by atoms with Crippen molar-refractivity contribution in [2.24, 2.45) is 0 Å². The van der Waals surface area contributed by atoms with Crippen molar-refractivity contribution >= 4 is 22.5 Å². The Morgan fingerprint density at radius 1 is 1.37 bits per heavy atom. The van der Waals surface area contributed by atoms with Crippen molar-refractivity contribution in [2.75, 3.05) is 5.73 Å². The quantitative estimate of drug-likeness (QED) is 0.603. The highest BCUT2D eigenvalue weighted by Crippen LogP contribution is 2.39. The van der Waals surface area contributed by atoms with E-state index in [0.717, 1.165) is 6.07 Å². The predicted molar refractivity (Wildman–Crippen MR) is 58.4 cm³/mol. The van der Waals surface area contributed by atoms with Crippen molar-refractivity contribution in [3.8, 4) is 0 Å². The number of benzene rings is 1. The summed E-state index contributed by atoms with van der Waals surface area (Å²) in [4.78, 5) is 26.4. The largest absolute Gasteiger partial charge is 0.423 e. The molecule has 2 aromatic rings. The smallest absolute Gasteiger partial charge is 0.369 e. The number of nitro benzene ring substituents is 1. The second-order valence-electron chi connectivity index (χ2n) is 3.56. The molecule has 100 valence electrons. The molecule has 3 N–H and O–H groups in total. The fraction of sp³-hybridized carbons (Fsp3) is 0.111. The van der Waals surface area contributed by atoms with Crippen LogP contribution in [0, 0.1) is 10.1 Å². The second kappa shape index (κ2) is 3.93. The van der Waals surface area contributed by atoms with E-state index in [1.807, 2.05) is 4.98 Å². The molecule has 0 bridgehead atoms. The molecule has 0 atom stereocenters. The minimum absolute atomic E-state index is 0.362. The summed E-state index contributed by atoms with van der Waals surface area (Å²) >= 11 is 0. The summed E-state index contributed by atoms with van der Waals surface area (Å²) in [7, 11) is 0. The lowest BCUT2D eigenvalue weighted by Crippen LogP contribution is -2.18. The van der Waals surface area contributed by atoms with Gasteiger partial charge in [0, 0.05) is 6.07 Å². The Balaban J connectivity index is 3.04. The topological polar surface area (TPSA) is 115 Å². The zero-order chi connectivity index (χ0) is 14.4. The lowest BCUT2D eigenvalue weighted by atomic mass is 10.1. The molecule has 1 heterocycles. The van der Waals surface area contributed by atoms with Gasteiger partial charge >= 0.3 is 6.18 Å². The Hall–Kier alpha value is -2.65. The number of nitro groups is 1. The number of nitrogens with one attached hydrogen (secondary N) is 1. The lowest BCUT2D eigenvalue weighted by Gasteiger charge is -2.10. The van der Waals surface area contributed by atoms with Gasteiger partial charge in [0.15, 0.2) is 0 Å². The summed E-state index contributed by atoms with van der Waals surface area (Å²) in [6.07, 6.45) is -5.06. The van der Waals surface area contributed by atoms with Crippen molar-refractivity contribution in [3.63, 3.8) is 0 Å². The third-order valence-electron chi connectivity index (χ3n) is 2.35. The van der Waals surface area contributed by atoms with Crippen molar-refractivity contribution < 1.29 is 18.1 Å². The third-order valence-corrected chi connectivity index (χ3v) is 2.35. The van der Waals surface area contributed by atoms with Crippen LogP contribution in [-0.2, 0) is 6.18 Å². The van der Waals surface area contributed by atoms with Crippen molar-refractivity contribution in [2.45, 2.75) is 6.18 Å². The summed E-state index contributed by atoms with van der Waals surface area (Å²) in [5.41, 5.74) is 0.810. The monoisotopic (exact) mass is 274 g/mol. The maximum atomic E-state index is 12.9. The van der Waals surface area contributed by atoms with E-state index in [4.69, 9.17) is 5.73 Å². The van der Waals surface area contributed by atoms with Gasteiger partial charge in [-0.3, -0.25) is 19.9 Å². The molecule has 0 spiro atoms. The van der Waals surface area contributed by atoms with Crippen LogP contribution in [0.3, 0.4) is 0 Å². The maximum absolute atomic E-state index is 12.9. The first kappa shape index (κ1) is 12.8. The number of aromatic amines is 1. The number of rotatable bonds is 1. The van der Waals surface area contributed by atoms with Gasteiger partial charge in [-0.1, -0.05) is 0 Å². The van der Waals surface area contributed by atoms with Crippen LogP contribution in [0.25, 0.3) is 10.9 Å². The average molecular weight is 274 g/mol. The van der Waals surface area contributed by atoms with Crippen molar-refractivity contribution in [1.29, 1.82) is 0 Å². The summed E-state index contributed by atoms with van der Waals surface area (Å²) in [5, 5.41) is 9.73. The van der Waals surface area contributed by atoms with Crippen LogP contribution < -0.4 is 11.3 Å². The minimum Gasteiger partial charge on any atom is -0.369 e. The van der Waals surface area contributed by atoms with E-state index in [1.54, 1.807) is 0 Å². The van der Waals surface area contributed by atoms with Crippen molar-refractivity contribution in [3.05, 3.63) is 38.2 Å². The number of nitrogens with zero attached hydrogens (tertiary/aromatic N) is 2. The zero-order valence-electron chi connectivity index (χ0n) is 8.99. The number of hydrogen-bond donors (Lipinski definition) is 2. The fourth-order valence-corrected chi connectivity index (χ4v) is 1.68. The number of nitrogens with two attached hydrogens (primary N) is 1. The first-order chi connectivity index (χ1) is 8.71. The number of anilines is 1. The zero-order valence-corrected chi connectivity index (χ0v) is 8.99. The van der Waals surface area contributed by atoms with Gasteiger partial charge in [-0.15, -0.1) is 0 Å². The fourth-order valence-electron chi connectivity index (χ4n) is 1.68. The summed E-state index contributed by atoms with van der Waals surface area (Å²) in [5.74, 6) is -0.375. The molecule has 0 aliphatic carbocycles. The molecular weight excluding hydrogens is 269 g/mol. The van der Waals surface area contributed by atoms with Crippen molar-refractivity contribution in [1.82, 2.24) is 9.97 Å². The van der Waals surface area contributed by atoms with E-state index >= 15 is 0 Å². The molecule has 1 aromatic heterocycles. The highest BCUT2D eigenvalue weighted by molar-refractivity contribution is 5.86. The van der Waals surface area contributed by atoms with Gasteiger partial charge in [-0.2, -0.15) is 13.2 Å². The van der Waals surface area contributed by atoms with E-state index in [-0.39, 0.29) is 11.5 Å². The van der Waals surface area contributed by atoms with Crippen LogP contribution >= 0.6 is 0 Å². The van der Waals surface area contributed by atoms with Gasteiger partial charge in [0.1, 0.15) is 5.56 Å². The molecule has 0 aliphatic rings. The van der Waals surface area contributed by atoms with Gasteiger partial charge in [0.2, 0.25) is 5.95 Å². The SMILES string of the molecule is Nc1nc2ccc([N+](=O)[O-])c(C(F)(F)F)c2c(=O)[nH]1. The van der Waals surface area contributed by atoms with Gasteiger partial charge in [-0.05, 0) is 6.07 Å². The predicted octanol–water partition coefficient (Wildman–Crippen LogP) is 1.43. The van der Waals surface area contributed by atoms with Crippen LogP contribution in [0.4, 0.5) is 24.8 Å². The highest BCUT2D eigenvalue weighted by atomic mass is 19.4. The Morgan fingerprint density at radius 2 is 2.00 bits per heavy atom. The van der Waals surface area contributed by atoms with Crippen LogP contribution in [0.2, 0.25) is 0 Å².